The van der Waals surface area contributed by atoms with E-state index in [2.05, 4.69) is 10.3 Å². The van der Waals surface area contributed by atoms with Gasteiger partial charge in [-0.25, -0.2) is 4.98 Å². The molecule has 1 amide bonds. The van der Waals surface area contributed by atoms with Crippen LogP contribution in [0.4, 0.5) is 19.0 Å². The third-order valence-corrected chi connectivity index (χ3v) is 5.10. The van der Waals surface area contributed by atoms with Crippen LogP contribution < -0.4 is 11.1 Å². The van der Waals surface area contributed by atoms with Gasteiger partial charge in [0.25, 0.3) is 5.91 Å². The van der Waals surface area contributed by atoms with Gasteiger partial charge in [0, 0.05) is 28.4 Å². The van der Waals surface area contributed by atoms with E-state index in [1.54, 1.807) is 25.1 Å². The number of pyridine rings is 1. The molecular formula is C16H15ClF3N3O2S. The molecule has 0 aliphatic heterocycles. The highest BCUT2D eigenvalue weighted by Crippen LogP contribution is 2.32. The van der Waals surface area contributed by atoms with E-state index in [0.717, 1.165) is 6.20 Å². The first-order valence-electron chi connectivity index (χ1n) is 7.41. The predicted octanol–water partition coefficient (Wildman–Crippen LogP) is 3.39. The topological polar surface area (TPSA) is 85.1 Å². The fraction of sp³-hybridized carbons (Fsp3) is 0.250. The summed E-state index contributed by atoms with van der Waals surface area (Å²) in [6.45, 7) is 1.69. The Labute approximate surface area is 155 Å². The number of benzene rings is 1. The third kappa shape index (κ3) is 4.73. The van der Waals surface area contributed by atoms with Crippen LogP contribution in [0, 0.1) is 0 Å². The predicted molar refractivity (Wildman–Crippen MR) is 93.2 cm³/mol. The zero-order valence-corrected chi connectivity index (χ0v) is 15.1. The Hall–Kier alpha value is -2.13. The van der Waals surface area contributed by atoms with Gasteiger partial charge in [0.15, 0.2) is 0 Å². The molecule has 1 atom stereocenters. The van der Waals surface area contributed by atoms with Crippen molar-refractivity contribution in [3.05, 3.63) is 52.2 Å². The quantitative estimate of drug-likeness (QED) is 0.798. The number of rotatable bonds is 5. The Morgan fingerprint density at radius 1 is 1.35 bits per heavy atom. The van der Waals surface area contributed by atoms with Crippen LogP contribution in [0.1, 0.15) is 28.4 Å². The summed E-state index contributed by atoms with van der Waals surface area (Å²) < 4.78 is 50.7. The number of aromatic nitrogens is 1. The summed E-state index contributed by atoms with van der Waals surface area (Å²) in [6.07, 6.45) is -3.76. The van der Waals surface area contributed by atoms with E-state index in [1.807, 2.05) is 0 Å². The average molecular weight is 406 g/mol. The van der Waals surface area contributed by atoms with Crippen LogP contribution >= 0.6 is 11.6 Å². The van der Waals surface area contributed by atoms with Crippen molar-refractivity contribution in [2.45, 2.75) is 24.5 Å². The SMILES string of the molecule is CCS(=O)c1ccc(Cl)cc1CNC(=O)c1cnc(N)c(C(F)(F)F)c1. The van der Waals surface area contributed by atoms with Crippen LogP contribution in [0.25, 0.3) is 0 Å². The summed E-state index contributed by atoms with van der Waals surface area (Å²) in [5, 5.41) is 2.87. The maximum Gasteiger partial charge on any atom is 0.419 e. The minimum Gasteiger partial charge on any atom is -0.383 e. The second kappa shape index (κ2) is 8.05. The zero-order valence-electron chi connectivity index (χ0n) is 13.6. The maximum absolute atomic E-state index is 12.9. The lowest BCUT2D eigenvalue weighted by molar-refractivity contribution is -0.137. The Balaban J connectivity index is 2.22. The Bertz CT molecular complexity index is 859. The molecule has 0 saturated heterocycles. The number of halogens is 4. The summed E-state index contributed by atoms with van der Waals surface area (Å²) in [5.74, 6) is -1.10. The van der Waals surface area contributed by atoms with E-state index in [1.165, 1.54) is 0 Å². The molecule has 1 unspecified atom stereocenters. The molecule has 1 aromatic carbocycles. The van der Waals surface area contributed by atoms with Crippen molar-refractivity contribution in [1.82, 2.24) is 10.3 Å². The Morgan fingerprint density at radius 2 is 2.04 bits per heavy atom. The largest absolute Gasteiger partial charge is 0.419 e. The molecule has 0 aliphatic carbocycles. The minimum absolute atomic E-state index is 0.0494. The molecule has 0 aliphatic rings. The van der Waals surface area contributed by atoms with E-state index in [4.69, 9.17) is 17.3 Å². The van der Waals surface area contributed by atoms with Crippen molar-refractivity contribution < 1.29 is 22.2 Å². The van der Waals surface area contributed by atoms with Crippen molar-refractivity contribution in [3.63, 3.8) is 0 Å². The van der Waals surface area contributed by atoms with Crippen LogP contribution in [0.15, 0.2) is 35.4 Å². The molecule has 10 heteroatoms. The van der Waals surface area contributed by atoms with Gasteiger partial charge in [-0.3, -0.25) is 9.00 Å². The van der Waals surface area contributed by atoms with Gasteiger partial charge in [0.2, 0.25) is 0 Å². The molecule has 0 saturated carbocycles. The van der Waals surface area contributed by atoms with Crippen molar-refractivity contribution in [2.24, 2.45) is 0 Å². The Kier molecular flexibility index (Phi) is 6.25. The molecule has 2 rings (SSSR count). The van der Waals surface area contributed by atoms with Crippen LogP contribution in [-0.2, 0) is 23.5 Å². The standard InChI is InChI=1S/C16H15ClF3N3O2S/c1-2-26(25)13-4-3-11(17)5-9(13)7-23-15(24)10-6-12(16(18,19)20)14(21)22-8-10/h3-6,8H,2,7H2,1H3,(H2,21,22)(H,23,24). The number of nitrogens with one attached hydrogen (secondary N) is 1. The van der Waals surface area contributed by atoms with Gasteiger partial charge < -0.3 is 11.1 Å². The molecule has 1 aromatic heterocycles. The molecule has 3 N–H and O–H groups in total. The van der Waals surface area contributed by atoms with E-state index < -0.39 is 34.3 Å². The lowest BCUT2D eigenvalue weighted by atomic mass is 10.1. The van der Waals surface area contributed by atoms with Crippen molar-refractivity contribution in [3.8, 4) is 0 Å². The first-order valence-corrected chi connectivity index (χ1v) is 9.11. The monoisotopic (exact) mass is 405 g/mol. The van der Waals surface area contributed by atoms with Crippen LogP contribution in [0.2, 0.25) is 5.02 Å². The zero-order chi connectivity index (χ0) is 19.5. The summed E-state index contributed by atoms with van der Waals surface area (Å²) in [6, 6.07) is 5.36. The summed E-state index contributed by atoms with van der Waals surface area (Å²) in [5.41, 5.74) is 4.27. The molecule has 140 valence electrons. The first-order chi connectivity index (χ1) is 12.1. The fourth-order valence-corrected chi connectivity index (χ4v) is 3.32. The lowest BCUT2D eigenvalue weighted by Crippen LogP contribution is -2.24. The third-order valence-electron chi connectivity index (χ3n) is 3.46. The van der Waals surface area contributed by atoms with E-state index in [9.17, 15) is 22.2 Å². The molecular weight excluding hydrogens is 391 g/mol. The second-order valence-electron chi connectivity index (χ2n) is 5.22. The van der Waals surface area contributed by atoms with Gasteiger partial charge in [0.1, 0.15) is 5.82 Å². The number of alkyl halides is 3. The van der Waals surface area contributed by atoms with E-state index in [0.29, 0.717) is 27.3 Å². The highest BCUT2D eigenvalue weighted by atomic mass is 35.5. The highest BCUT2D eigenvalue weighted by molar-refractivity contribution is 7.85. The van der Waals surface area contributed by atoms with Crippen LogP contribution in [-0.4, -0.2) is 20.9 Å². The molecule has 26 heavy (non-hydrogen) atoms. The van der Waals surface area contributed by atoms with Gasteiger partial charge in [-0.15, -0.1) is 0 Å². The van der Waals surface area contributed by atoms with Crippen molar-refractivity contribution >= 4 is 34.1 Å². The Morgan fingerprint density at radius 3 is 2.65 bits per heavy atom. The number of anilines is 1. The fourth-order valence-electron chi connectivity index (χ4n) is 2.17. The number of nitrogen functional groups attached to an aromatic ring is 1. The van der Waals surface area contributed by atoms with E-state index >= 15 is 0 Å². The van der Waals surface area contributed by atoms with Gasteiger partial charge in [-0.1, -0.05) is 18.5 Å². The number of nitrogens with two attached hydrogens (primary N) is 1. The minimum atomic E-state index is -4.72. The molecule has 5 nitrogen and oxygen atoms in total. The van der Waals surface area contributed by atoms with Crippen molar-refractivity contribution in [1.29, 1.82) is 0 Å². The number of carbonyl (C=O) groups excluding carboxylic acids is 1. The summed E-state index contributed by atoms with van der Waals surface area (Å²) in [7, 11) is -1.28. The van der Waals surface area contributed by atoms with Gasteiger partial charge in [-0.2, -0.15) is 13.2 Å². The van der Waals surface area contributed by atoms with Gasteiger partial charge >= 0.3 is 6.18 Å². The van der Waals surface area contributed by atoms with Gasteiger partial charge in [0.05, 0.1) is 21.9 Å². The molecule has 0 spiro atoms. The number of hydrogen-bond acceptors (Lipinski definition) is 4. The maximum atomic E-state index is 12.9. The van der Waals surface area contributed by atoms with Gasteiger partial charge in [-0.05, 0) is 29.8 Å². The highest BCUT2D eigenvalue weighted by Gasteiger charge is 2.34. The molecule has 0 fully saturated rings. The molecule has 0 bridgehead atoms. The number of nitrogens with zero attached hydrogens (tertiary/aromatic N) is 1. The second-order valence-corrected chi connectivity index (χ2v) is 7.37. The lowest BCUT2D eigenvalue weighted by Gasteiger charge is -2.12. The first kappa shape index (κ1) is 20.2. The molecule has 0 radical (unpaired) electrons. The number of carbonyl (C=O) groups is 1. The van der Waals surface area contributed by atoms with Crippen molar-refractivity contribution in [2.75, 3.05) is 11.5 Å². The molecule has 2 aromatic rings. The number of hydrogen-bond donors (Lipinski definition) is 2. The smallest absolute Gasteiger partial charge is 0.383 e. The van der Waals surface area contributed by atoms with Crippen LogP contribution in [0.5, 0.6) is 0 Å². The molecule has 1 heterocycles. The summed E-state index contributed by atoms with van der Waals surface area (Å²) >= 11 is 5.92. The van der Waals surface area contributed by atoms with E-state index in [-0.39, 0.29) is 12.1 Å². The summed E-state index contributed by atoms with van der Waals surface area (Å²) in [4.78, 5) is 16.1. The number of amides is 1. The average Bonchev–Trinajstić information content (AvgIpc) is 2.58. The normalized spacial score (nSPS) is 12.7. The van der Waals surface area contributed by atoms with Crippen LogP contribution in [0.3, 0.4) is 0 Å².